The maximum Gasteiger partial charge on any atom is 0.252 e. The Balaban J connectivity index is 2.12. The van der Waals surface area contributed by atoms with Gasteiger partial charge in [0.25, 0.3) is 5.91 Å². The van der Waals surface area contributed by atoms with Crippen molar-refractivity contribution in [1.29, 1.82) is 0 Å². The number of carbonyl (C=O) groups is 1. The normalized spacial score (nSPS) is 12.0. The van der Waals surface area contributed by atoms with Gasteiger partial charge in [0.05, 0.1) is 5.56 Å². The first-order valence-electron chi connectivity index (χ1n) is 6.23. The third-order valence-electron chi connectivity index (χ3n) is 2.93. The van der Waals surface area contributed by atoms with Crippen molar-refractivity contribution in [3.05, 3.63) is 64.2 Å². The zero-order valence-electron chi connectivity index (χ0n) is 11.2. The highest BCUT2D eigenvalue weighted by molar-refractivity contribution is 6.31. The first kappa shape index (κ1) is 16.2. The fourth-order valence-corrected chi connectivity index (χ4v) is 1.98. The first-order valence-corrected chi connectivity index (χ1v) is 6.61. The summed E-state index contributed by atoms with van der Waals surface area (Å²) in [6.07, 6.45) is -1.20. The summed E-state index contributed by atoms with van der Waals surface area (Å²) in [4.78, 5) is 11.3. The van der Waals surface area contributed by atoms with Gasteiger partial charge in [-0.2, -0.15) is 0 Å². The molecule has 0 aromatic heterocycles. The van der Waals surface area contributed by atoms with Crippen molar-refractivity contribution in [2.45, 2.75) is 6.10 Å². The van der Waals surface area contributed by atoms with Crippen molar-refractivity contribution in [1.82, 2.24) is 0 Å². The summed E-state index contributed by atoms with van der Waals surface area (Å²) in [6.45, 7) is -0.271. The molecule has 0 saturated carbocycles. The molecule has 1 unspecified atom stereocenters. The van der Waals surface area contributed by atoms with Gasteiger partial charge in [0, 0.05) is 5.02 Å². The minimum Gasteiger partial charge on any atom is -0.490 e. The van der Waals surface area contributed by atoms with Crippen LogP contribution in [0.4, 0.5) is 8.78 Å². The van der Waals surface area contributed by atoms with Gasteiger partial charge in [0.1, 0.15) is 18.5 Å². The third kappa shape index (κ3) is 3.72. The maximum atomic E-state index is 13.1. The molecule has 2 aromatic rings. The molecule has 1 atom stereocenters. The Kier molecular flexibility index (Phi) is 4.95. The number of aliphatic hydroxyl groups is 1. The monoisotopic (exact) mass is 327 g/mol. The van der Waals surface area contributed by atoms with Crippen LogP contribution >= 0.6 is 11.6 Å². The van der Waals surface area contributed by atoms with Gasteiger partial charge in [-0.15, -0.1) is 0 Å². The Morgan fingerprint density at radius 1 is 1.23 bits per heavy atom. The minimum atomic E-state index is -1.20. The number of rotatable bonds is 5. The Morgan fingerprint density at radius 2 is 1.95 bits per heavy atom. The molecule has 0 fully saturated rings. The quantitative estimate of drug-likeness (QED) is 0.887. The van der Waals surface area contributed by atoms with Crippen LogP contribution in [0.1, 0.15) is 22.0 Å². The van der Waals surface area contributed by atoms with Gasteiger partial charge >= 0.3 is 0 Å². The lowest BCUT2D eigenvalue weighted by atomic mass is 10.1. The fourth-order valence-electron chi connectivity index (χ4n) is 1.81. The highest BCUT2D eigenvalue weighted by atomic mass is 35.5. The lowest BCUT2D eigenvalue weighted by Crippen LogP contribution is -2.16. The average Bonchev–Trinajstić information content (AvgIpc) is 2.48. The summed E-state index contributed by atoms with van der Waals surface area (Å²) in [5.74, 6) is -2.68. The molecule has 0 radical (unpaired) electrons. The number of hydrogen-bond donors (Lipinski definition) is 2. The molecule has 116 valence electrons. The van der Waals surface area contributed by atoms with E-state index in [4.69, 9.17) is 22.1 Å². The number of nitrogens with two attached hydrogens (primary N) is 1. The molecule has 0 heterocycles. The molecule has 2 aromatic carbocycles. The zero-order valence-corrected chi connectivity index (χ0v) is 12.0. The predicted molar refractivity (Wildman–Crippen MR) is 76.8 cm³/mol. The minimum absolute atomic E-state index is 0.0602. The number of carbonyl (C=O) groups excluding carboxylic acids is 1. The highest BCUT2D eigenvalue weighted by Crippen LogP contribution is 2.24. The van der Waals surface area contributed by atoms with Crippen molar-refractivity contribution in [3.63, 3.8) is 0 Å². The van der Waals surface area contributed by atoms with Gasteiger partial charge in [-0.25, -0.2) is 8.78 Å². The highest BCUT2D eigenvalue weighted by Gasteiger charge is 2.15. The molecule has 2 rings (SSSR count). The average molecular weight is 328 g/mol. The van der Waals surface area contributed by atoms with Crippen LogP contribution in [0, 0.1) is 11.6 Å². The van der Waals surface area contributed by atoms with Crippen LogP contribution in [0.3, 0.4) is 0 Å². The lowest BCUT2D eigenvalue weighted by molar-refractivity contribution is 0.0966. The van der Waals surface area contributed by atoms with E-state index in [9.17, 15) is 18.7 Å². The second kappa shape index (κ2) is 6.72. The van der Waals surface area contributed by atoms with Crippen LogP contribution < -0.4 is 10.5 Å². The van der Waals surface area contributed by atoms with E-state index >= 15 is 0 Å². The van der Waals surface area contributed by atoms with E-state index in [0.717, 1.165) is 12.1 Å². The molecule has 0 bridgehead atoms. The summed E-state index contributed by atoms with van der Waals surface area (Å²) >= 11 is 5.76. The molecule has 0 aliphatic carbocycles. The number of amides is 1. The van der Waals surface area contributed by atoms with E-state index < -0.39 is 23.6 Å². The van der Waals surface area contributed by atoms with Gasteiger partial charge in [0.2, 0.25) is 0 Å². The van der Waals surface area contributed by atoms with Crippen LogP contribution in [0.2, 0.25) is 5.02 Å². The molecule has 7 heteroatoms. The van der Waals surface area contributed by atoms with E-state index in [1.165, 1.54) is 24.3 Å². The van der Waals surface area contributed by atoms with Crippen LogP contribution in [0.5, 0.6) is 5.75 Å². The molecular formula is C15H12ClF2NO3. The molecule has 0 aliphatic heterocycles. The van der Waals surface area contributed by atoms with Crippen LogP contribution in [-0.4, -0.2) is 17.6 Å². The smallest absolute Gasteiger partial charge is 0.252 e. The summed E-state index contributed by atoms with van der Waals surface area (Å²) in [7, 11) is 0. The lowest BCUT2D eigenvalue weighted by Gasteiger charge is -2.14. The van der Waals surface area contributed by atoms with Crippen LogP contribution in [-0.2, 0) is 0 Å². The van der Waals surface area contributed by atoms with Gasteiger partial charge in [-0.05, 0) is 35.9 Å². The van der Waals surface area contributed by atoms with Crippen LogP contribution in [0.25, 0.3) is 0 Å². The van der Waals surface area contributed by atoms with Crippen molar-refractivity contribution in [2.24, 2.45) is 5.73 Å². The summed E-state index contributed by atoms with van der Waals surface area (Å²) in [5.41, 5.74) is 5.41. The molecular weight excluding hydrogens is 316 g/mol. The van der Waals surface area contributed by atoms with Crippen LogP contribution in [0.15, 0.2) is 36.4 Å². The number of benzene rings is 2. The standard InChI is InChI=1S/C15H12ClF2NO3/c16-9-2-4-14(10(6-9)15(19)21)22-7-13(20)8-1-3-11(17)12(18)5-8/h1-6,13,20H,7H2,(H2,19,21). The Morgan fingerprint density at radius 3 is 2.59 bits per heavy atom. The summed E-state index contributed by atoms with van der Waals surface area (Å²) < 4.78 is 31.3. The van der Waals surface area contributed by atoms with Crippen molar-refractivity contribution < 1.29 is 23.4 Å². The van der Waals surface area contributed by atoms with Gasteiger partial charge in [-0.1, -0.05) is 17.7 Å². The third-order valence-corrected chi connectivity index (χ3v) is 3.17. The van der Waals surface area contributed by atoms with Crippen molar-refractivity contribution >= 4 is 17.5 Å². The molecule has 3 N–H and O–H groups in total. The van der Waals surface area contributed by atoms with E-state index in [1.54, 1.807) is 0 Å². The SMILES string of the molecule is NC(=O)c1cc(Cl)ccc1OCC(O)c1ccc(F)c(F)c1. The van der Waals surface area contributed by atoms with E-state index in [-0.39, 0.29) is 23.5 Å². The Bertz CT molecular complexity index is 709. The second-order valence-electron chi connectivity index (χ2n) is 4.51. The van der Waals surface area contributed by atoms with E-state index in [1.807, 2.05) is 0 Å². The predicted octanol–water partition coefficient (Wildman–Crippen LogP) is 2.83. The van der Waals surface area contributed by atoms with E-state index in [0.29, 0.717) is 5.02 Å². The molecule has 1 amide bonds. The number of hydrogen-bond acceptors (Lipinski definition) is 3. The maximum absolute atomic E-state index is 13.1. The zero-order chi connectivity index (χ0) is 16.3. The van der Waals surface area contributed by atoms with Gasteiger partial charge in [-0.3, -0.25) is 4.79 Å². The topological polar surface area (TPSA) is 72.6 Å². The van der Waals surface area contributed by atoms with Gasteiger partial charge < -0.3 is 15.6 Å². The van der Waals surface area contributed by atoms with E-state index in [2.05, 4.69) is 0 Å². The van der Waals surface area contributed by atoms with Gasteiger partial charge in [0.15, 0.2) is 11.6 Å². The summed E-state index contributed by atoms with van der Waals surface area (Å²) in [6, 6.07) is 7.28. The second-order valence-corrected chi connectivity index (χ2v) is 4.94. The molecule has 22 heavy (non-hydrogen) atoms. The molecule has 0 spiro atoms. The molecule has 4 nitrogen and oxygen atoms in total. The Labute approximate surface area is 130 Å². The van der Waals surface area contributed by atoms with Crippen molar-refractivity contribution in [3.8, 4) is 5.75 Å². The molecule has 0 saturated heterocycles. The number of halogens is 3. The number of ether oxygens (including phenoxy) is 1. The summed E-state index contributed by atoms with van der Waals surface area (Å²) in [5, 5.41) is 10.2. The Hall–Kier alpha value is -2.18. The number of primary amides is 1. The number of aliphatic hydroxyl groups excluding tert-OH is 1. The van der Waals surface area contributed by atoms with Crippen molar-refractivity contribution in [2.75, 3.05) is 6.61 Å². The first-order chi connectivity index (χ1) is 10.4. The largest absolute Gasteiger partial charge is 0.490 e. The fraction of sp³-hybridized carbons (Fsp3) is 0.133. The molecule has 0 aliphatic rings.